The number of benzene rings is 2. The second-order valence-corrected chi connectivity index (χ2v) is 3.92. The lowest BCUT2D eigenvalue weighted by molar-refractivity contribution is 0.205. The maximum absolute atomic E-state index is 9.64. The lowest BCUT2D eigenvalue weighted by atomic mass is 10.0. The van der Waals surface area contributed by atoms with E-state index in [-0.39, 0.29) is 0 Å². The first-order valence-electron chi connectivity index (χ1n) is 4.54. The molecular weight excluding hydrogens is 240 g/mol. The van der Waals surface area contributed by atoms with Gasteiger partial charge in [-0.3, -0.25) is 0 Å². The molecule has 0 amide bonds. The Morgan fingerprint density at radius 2 is 1.79 bits per heavy atom. The van der Waals surface area contributed by atoms with Crippen molar-refractivity contribution in [1.29, 1.82) is 0 Å². The van der Waals surface area contributed by atoms with E-state index in [4.69, 9.17) is 0 Å². The molecule has 0 fully saturated rings. The number of hydrogen-bond donors (Lipinski definition) is 1. The summed E-state index contributed by atoms with van der Waals surface area (Å²) in [5, 5.41) is 12.6. The number of hydrogen-bond acceptors (Lipinski definition) is 1. The SMILES string of the molecule is O[C@H](CBr)c1ccc2ccccc2c1. The summed E-state index contributed by atoms with van der Waals surface area (Å²) in [6.45, 7) is 0. The van der Waals surface area contributed by atoms with Gasteiger partial charge < -0.3 is 5.11 Å². The summed E-state index contributed by atoms with van der Waals surface area (Å²) in [7, 11) is 0. The normalized spacial score (nSPS) is 13.0. The predicted octanol–water partition coefficient (Wildman–Crippen LogP) is 3.27. The van der Waals surface area contributed by atoms with Crippen LogP contribution in [0.2, 0.25) is 0 Å². The second kappa shape index (κ2) is 4.11. The molecule has 72 valence electrons. The summed E-state index contributed by atoms with van der Waals surface area (Å²) in [6, 6.07) is 14.2. The van der Waals surface area contributed by atoms with Crippen molar-refractivity contribution in [3.05, 3.63) is 48.0 Å². The summed E-state index contributed by atoms with van der Waals surface area (Å²) >= 11 is 3.27. The van der Waals surface area contributed by atoms with Gasteiger partial charge in [0.1, 0.15) is 0 Å². The molecule has 0 bridgehead atoms. The first-order valence-corrected chi connectivity index (χ1v) is 5.66. The van der Waals surface area contributed by atoms with Crippen molar-refractivity contribution in [2.45, 2.75) is 6.10 Å². The fourth-order valence-electron chi connectivity index (χ4n) is 1.50. The van der Waals surface area contributed by atoms with E-state index in [2.05, 4.69) is 28.1 Å². The summed E-state index contributed by atoms with van der Waals surface area (Å²) in [4.78, 5) is 0. The van der Waals surface area contributed by atoms with Gasteiger partial charge in [-0.05, 0) is 22.4 Å². The number of rotatable bonds is 2. The highest BCUT2D eigenvalue weighted by Crippen LogP contribution is 2.21. The van der Waals surface area contributed by atoms with Gasteiger partial charge in [0.15, 0.2) is 0 Å². The fourth-order valence-corrected chi connectivity index (χ4v) is 1.88. The number of alkyl halides is 1. The van der Waals surface area contributed by atoms with Crippen molar-refractivity contribution in [1.82, 2.24) is 0 Å². The number of aliphatic hydroxyl groups is 1. The first kappa shape index (κ1) is 9.69. The van der Waals surface area contributed by atoms with E-state index in [1.54, 1.807) is 0 Å². The molecule has 0 radical (unpaired) electrons. The van der Waals surface area contributed by atoms with Crippen LogP contribution in [0.15, 0.2) is 42.5 Å². The first-order chi connectivity index (χ1) is 6.81. The summed E-state index contributed by atoms with van der Waals surface area (Å²) in [5.74, 6) is 0. The van der Waals surface area contributed by atoms with E-state index in [1.807, 2.05) is 30.3 Å². The molecule has 1 atom stereocenters. The highest BCUT2D eigenvalue weighted by atomic mass is 79.9. The molecule has 2 aromatic carbocycles. The van der Waals surface area contributed by atoms with Crippen molar-refractivity contribution < 1.29 is 5.11 Å². The molecule has 2 heteroatoms. The number of fused-ring (bicyclic) bond motifs is 1. The minimum absolute atomic E-state index is 0.417. The molecule has 0 aliphatic rings. The van der Waals surface area contributed by atoms with Crippen molar-refractivity contribution >= 4 is 26.7 Å². The minimum atomic E-state index is -0.417. The predicted molar refractivity (Wildman–Crippen MR) is 62.7 cm³/mol. The Kier molecular flexibility index (Phi) is 2.85. The van der Waals surface area contributed by atoms with Crippen LogP contribution in [-0.2, 0) is 0 Å². The zero-order valence-electron chi connectivity index (χ0n) is 7.65. The van der Waals surface area contributed by atoms with E-state index in [1.165, 1.54) is 10.8 Å². The number of halogens is 1. The lowest BCUT2D eigenvalue weighted by Gasteiger charge is -2.08. The van der Waals surface area contributed by atoms with Crippen molar-refractivity contribution in [3.8, 4) is 0 Å². The van der Waals surface area contributed by atoms with Crippen LogP contribution in [0.4, 0.5) is 0 Å². The molecule has 0 heterocycles. The highest BCUT2D eigenvalue weighted by Gasteiger charge is 2.05. The van der Waals surface area contributed by atoms with Crippen LogP contribution < -0.4 is 0 Å². The van der Waals surface area contributed by atoms with E-state index < -0.39 is 6.10 Å². The Morgan fingerprint density at radius 1 is 1.07 bits per heavy atom. The molecule has 1 nitrogen and oxygen atoms in total. The van der Waals surface area contributed by atoms with Gasteiger partial charge in [0.2, 0.25) is 0 Å². The molecule has 0 saturated heterocycles. The molecule has 0 aliphatic heterocycles. The van der Waals surface area contributed by atoms with Crippen molar-refractivity contribution in [2.75, 3.05) is 5.33 Å². The van der Waals surface area contributed by atoms with Crippen LogP contribution in [0.1, 0.15) is 11.7 Å². The average molecular weight is 251 g/mol. The molecule has 0 aromatic heterocycles. The van der Waals surface area contributed by atoms with Gasteiger partial charge in [-0.15, -0.1) is 0 Å². The molecule has 14 heavy (non-hydrogen) atoms. The third-order valence-electron chi connectivity index (χ3n) is 2.30. The molecule has 0 saturated carbocycles. The van der Waals surface area contributed by atoms with E-state index >= 15 is 0 Å². The number of aliphatic hydroxyl groups excluding tert-OH is 1. The Labute approximate surface area is 91.5 Å². The monoisotopic (exact) mass is 250 g/mol. The smallest absolute Gasteiger partial charge is 0.0887 e. The Morgan fingerprint density at radius 3 is 2.50 bits per heavy atom. The maximum atomic E-state index is 9.64. The van der Waals surface area contributed by atoms with E-state index in [0.29, 0.717) is 5.33 Å². The quantitative estimate of drug-likeness (QED) is 0.812. The largest absolute Gasteiger partial charge is 0.388 e. The molecule has 0 unspecified atom stereocenters. The summed E-state index contributed by atoms with van der Waals surface area (Å²) in [5.41, 5.74) is 0.959. The molecule has 0 spiro atoms. The van der Waals surface area contributed by atoms with Gasteiger partial charge in [-0.2, -0.15) is 0 Å². The lowest BCUT2D eigenvalue weighted by Crippen LogP contribution is -1.97. The third kappa shape index (κ3) is 1.81. The van der Waals surface area contributed by atoms with Gasteiger partial charge in [-0.25, -0.2) is 0 Å². The van der Waals surface area contributed by atoms with Crippen LogP contribution in [-0.4, -0.2) is 10.4 Å². The van der Waals surface area contributed by atoms with Gasteiger partial charge >= 0.3 is 0 Å². The highest BCUT2D eigenvalue weighted by molar-refractivity contribution is 9.09. The van der Waals surface area contributed by atoms with Gasteiger partial charge in [0.05, 0.1) is 6.10 Å². The average Bonchev–Trinajstić information content (AvgIpc) is 2.27. The van der Waals surface area contributed by atoms with Gasteiger partial charge in [0.25, 0.3) is 0 Å². The second-order valence-electron chi connectivity index (χ2n) is 3.28. The molecule has 2 aromatic rings. The molecule has 2 rings (SSSR count). The third-order valence-corrected chi connectivity index (χ3v) is 2.92. The van der Waals surface area contributed by atoms with E-state index in [0.717, 1.165) is 5.56 Å². The zero-order valence-corrected chi connectivity index (χ0v) is 9.24. The Bertz CT molecular complexity index is 439. The zero-order chi connectivity index (χ0) is 9.97. The molecular formula is C12H11BrO. The van der Waals surface area contributed by atoms with Gasteiger partial charge in [-0.1, -0.05) is 52.3 Å². The van der Waals surface area contributed by atoms with Crippen LogP contribution >= 0.6 is 15.9 Å². The summed E-state index contributed by atoms with van der Waals surface area (Å²) in [6.07, 6.45) is -0.417. The standard InChI is InChI=1S/C12H11BrO/c13-8-12(14)11-6-5-9-3-1-2-4-10(9)7-11/h1-7,12,14H,8H2/t12-/m1/s1. The van der Waals surface area contributed by atoms with Crippen LogP contribution in [0.3, 0.4) is 0 Å². The van der Waals surface area contributed by atoms with Gasteiger partial charge in [0, 0.05) is 5.33 Å². The topological polar surface area (TPSA) is 20.2 Å². The van der Waals surface area contributed by atoms with Crippen LogP contribution in [0.5, 0.6) is 0 Å². The van der Waals surface area contributed by atoms with Crippen molar-refractivity contribution in [2.24, 2.45) is 0 Å². The fraction of sp³-hybridized carbons (Fsp3) is 0.167. The molecule has 1 N–H and O–H groups in total. The van der Waals surface area contributed by atoms with E-state index in [9.17, 15) is 5.11 Å². The Balaban J connectivity index is 2.51. The van der Waals surface area contributed by atoms with Crippen molar-refractivity contribution in [3.63, 3.8) is 0 Å². The molecule has 0 aliphatic carbocycles. The summed E-state index contributed by atoms with van der Waals surface area (Å²) < 4.78 is 0. The minimum Gasteiger partial charge on any atom is -0.388 e. The maximum Gasteiger partial charge on any atom is 0.0887 e. The van der Waals surface area contributed by atoms with Crippen LogP contribution in [0.25, 0.3) is 10.8 Å². The Hall–Kier alpha value is -0.860. The van der Waals surface area contributed by atoms with Crippen LogP contribution in [0, 0.1) is 0 Å².